The van der Waals surface area contributed by atoms with Gasteiger partial charge in [-0.25, -0.2) is 0 Å². The Morgan fingerprint density at radius 3 is 2.56 bits per heavy atom. The van der Waals surface area contributed by atoms with E-state index in [1.165, 1.54) is 19.3 Å². The van der Waals surface area contributed by atoms with Crippen molar-refractivity contribution in [1.29, 1.82) is 0 Å². The molecule has 2 saturated heterocycles. The van der Waals surface area contributed by atoms with E-state index in [0.29, 0.717) is 25.3 Å². The standard InChI is InChI=1S/C26H33N3O3/c30-24(19-6-2-1-3-7-19)28-18-22-10-11-26(32-22)12-14-29(15-13-26)25(31)23-16-20-8-4-5-9-21(20)17-27-23/h4-5,8-9,16-17,19,22H,1-3,6-7,10-15,18H2,(H,28,30)/t22-/m0/s1. The van der Waals surface area contributed by atoms with Crippen LogP contribution in [0.3, 0.4) is 0 Å². The van der Waals surface area contributed by atoms with Crippen LogP contribution in [0.25, 0.3) is 10.8 Å². The number of likely N-dealkylation sites (tertiary alicyclic amines) is 1. The van der Waals surface area contributed by atoms with E-state index < -0.39 is 0 Å². The summed E-state index contributed by atoms with van der Waals surface area (Å²) < 4.78 is 6.45. The largest absolute Gasteiger partial charge is 0.370 e. The summed E-state index contributed by atoms with van der Waals surface area (Å²) in [5.41, 5.74) is 0.365. The summed E-state index contributed by atoms with van der Waals surface area (Å²) in [5.74, 6) is 0.398. The third kappa shape index (κ3) is 4.51. The lowest BCUT2D eigenvalue weighted by molar-refractivity contribution is -0.127. The lowest BCUT2D eigenvalue weighted by atomic mass is 9.88. The number of piperidine rings is 1. The van der Waals surface area contributed by atoms with Crippen LogP contribution in [0.5, 0.6) is 0 Å². The molecule has 1 spiro atoms. The maximum Gasteiger partial charge on any atom is 0.272 e. The molecule has 0 radical (unpaired) electrons. The molecule has 2 aliphatic heterocycles. The van der Waals surface area contributed by atoms with Crippen molar-refractivity contribution in [3.63, 3.8) is 0 Å². The number of benzene rings is 1. The zero-order chi connectivity index (χ0) is 22.0. The van der Waals surface area contributed by atoms with E-state index in [-0.39, 0.29) is 29.4 Å². The Labute approximate surface area is 189 Å². The van der Waals surface area contributed by atoms with Crippen molar-refractivity contribution in [3.8, 4) is 0 Å². The average Bonchev–Trinajstić information content (AvgIpc) is 3.25. The van der Waals surface area contributed by atoms with E-state index in [1.54, 1.807) is 6.20 Å². The highest BCUT2D eigenvalue weighted by Gasteiger charge is 2.43. The van der Waals surface area contributed by atoms with Crippen LogP contribution in [-0.2, 0) is 9.53 Å². The van der Waals surface area contributed by atoms with Gasteiger partial charge in [0, 0.05) is 37.1 Å². The van der Waals surface area contributed by atoms with Gasteiger partial charge in [-0.3, -0.25) is 14.6 Å². The molecule has 1 aromatic heterocycles. The fourth-order valence-electron chi connectivity index (χ4n) is 5.61. The molecule has 3 heterocycles. The topological polar surface area (TPSA) is 71.5 Å². The molecule has 1 aliphatic carbocycles. The average molecular weight is 436 g/mol. The number of ether oxygens (including phenoxy) is 1. The number of carbonyl (C=O) groups is 2. The van der Waals surface area contributed by atoms with Crippen LogP contribution >= 0.6 is 0 Å². The zero-order valence-corrected chi connectivity index (χ0v) is 18.7. The van der Waals surface area contributed by atoms with Gasteiger partial charge in [0.05, 0.1) is 11.7 Å². The Morgan fingerprint density at radius 2 is 1.78 bits per heavy atom. The molecule has 6 heteroatoms. The Kier molecular flexibility index (Phi) is 6.13. The number of hydrogen-bond donors (Lipinski definition) is 1. The van der Waals surface area contributed by atoms with E-state index in [9.17, 15) is 9.59 Å². The predicted molar refractivity (Wildman–Crippen MR) is 123 cm³/mol. The molecule has 3 aliphatic rings. The highest BCUT2D eigenvalue weighted by atomic mass is 16.5. The molecule has 0 unspecified atom stereocenters. The number of amides is 2. The monoisotopic (exact) mass is 435 g/mol. The first kappa shape index (κ1) is 21.4. The summed E-state index contributed by atoms with van der Waals surface area (Å²) >= 11 is 0. The van der Waals surface area contributed by atoms with Crippen molar-refractivity contribution in [3.05, 3.63) is 42.2 Å². The van der Waals surface area contributed by atoms with E-state index in [2.05, 4.69) is 10.3 Å². The van der Waals surface area contributed by atoms with Gasteiger partial charge < -0.3 is 15.0 Å². The Morgan fingerprint density at radius 1 is 1.03 bits per heavy atom. The van der Waals surface area contributed by atoms with Gasteiger partial charge in [-0.15, -0.1) is 0 Å². The molecule has 0 bridgehead atoms. The molecule has 1 saturated carbocycles. The van der Waals surface area contributed by atoms with Crippen molar-refractivity contribution >= 4 is 22.6 Å². The van der Waals surface area contributed by atoms with Crippen LogP contribution in [0, 0.1) is 5.92 Å². The molecule has 1 N–H and O–H groups in total. The highest BCUT2D eigenvalue weighted by molar-refractivity contribution is 5.96. The minimum atomic E-state index is -0.145. The fraction of sp³-hybridized carbons (Fsp3) is 0.577. The van der Waals surface area contributed by atoms with Crippen LogP contribution in [0.1, 0.15) is 68.3 Å². The number of pyridine rings is 1. The van der Waals surface area contributed by atoms with E-state index in [4.69, 9.17) is 4.74 Å². The molecule has 6 nitrogen and oxygen atoms in total. The van der Waals surface area contributed by atoms with E-state index >= 15 is 0 Å². The van der Waals surface area contributed by atoms with Gasteiger partial charge in [0.25, 0.3) is 5.91 Å². The number of aromatic nitrogens is 1. The van der Waals surface area contributed by atoms with Gasteiger partial charge in [-0.1, -0.05) is 43.5 Å². The number of fused-ring (bicyclic) bond motifs is 1. The zero-order valence-electron chi connectivity index (χ0n) is 18.7. The first-order valence-corrected chi connectivity index (χ1v) is 12.2. The van der Waals surface area contributed by atoms with Crippen molar-refractivity contribution in [1.82, 2.24) is 15.2 Å². The first-order chi connectivity index (χ1) is 15.6. The Hall–Kier alpha value is -2.47. The minimum absolute atomic E-state index is 0.0000969. The Balaban J connectivity index is 1.12. The molecule has 2 amide bonds. The predicted octanol–water partition coefficient (Wildman–Crippen LogP) is 4.09. The van der Waals surface area contributed by atoms with Crippen LogP contribution in [0.4, 0.5) is 0 Å². The van der Waals surface area contributed by atoms with Crippen LogP contribution < -0.4 is 5.32 Å². The number of carbonyl (C=O) groups excluding carboxylic acids is 2. The Bertz CT molecular complexity index is 977. The summed E-state index contributed by atoms with van der Waals surface area (Å²) in [4.78, 5) is 31.8. The third-order valence-corrected chi connectivity index (χ3v) is 7.63. The maximum atomic E-state index is 13.0. The molecule has 32 heavy (non-hydrogen) atoms. The quantitative estimate of drug-likeness (QED) is 0.785. The van der Waals surface area contributed by atoms with Crippen LogP contribution in [0.2, 0.25) is 0 Å². The van der Waals surface area contributed by atoms with Gasteiger partial charge in [0.1, 0.15) is 5.69 Å². The van der Waals surface area contributed by atoms with Gasteiger partial charge in [-0.2, -0.15) is 0 Å². The smallest absolute Gasteiger partial charge is 0.272 e. The number of nitrogens with one attached hydrogen (secondary N) is 1. The molecular formula is C26H33N3O3. The van der Waals surface area contributed by atoms with Gasteiger partial charge in [-0.05, 0) is 50.0 Å². The molecule has 5 rings (SSSR count). The summed E-state index contributed by atoms with van der Waals surface area (Å²) in [6.45, 7) is 1.99. The van der Waals surface area contributed by atoms with Crippen LogP contribution in [0.15, 0.2) is 36.5 Å². The summed E-state index contributed by atoms with van der Waals surface area (Å²) in [5, 5.41) is 5.23. The second-order valence-electron chi connectivity index (χ2n) is 9.75. The normalized spacial score (nSPS) is 23.5. The van der Waals surface area contributed by atoms with E-state index in [0.717, 1.165) is 49.3 Å². The number of rotatable bonds is 4. The van der Waals surface area contributed by atoms with Crippen molar-refractivity contribution in [2.75, 3.05) is 19.6 Å². The van der Waals surface area contributed by atoms with E-state index in [1.807, 2.05) is 35.2 Å². The molecule has 1 aromatic carbocycles. The van der Waals surface area contributed by atoms with Crippen LogP contribution in [-0.4, -0.2) is 53.0 Å². The first-order valence-electron chi connectivity index (χ1n) is 12.2. The third-order valence-electron chi connectivity index (χ3n) is 7.63. The van der Waals surface area contributed by atoms with Crippen molar-refractivity contribution < 1.29 is 14.3 Å². The SMILES string of the molecule is O=C(NC[C@@H]1CCC2(CCN(C(=O)c3cc4ccccc4cn3)CC2)O1)C1CCCCC1. The summed E-state index contributed by atoms with van der Waals surface area (Å²) in [6.07, 6.45) is 11.2. The van der Waals surface area contributed by atoms with Gasteiger partial charge in [0.15, 0.2) is 0 Å². The molecule has 3 fully saturated rings. The second-order valence-corrected chi connectivity index (χ2v) is 9.75. The molecule has 2 aromatic rings. The minimum Gasteiger partial charge on any atom is -0.370 e. The maximum absolute atomic E-state index is 13.0. The molecular weight excluding hydrogens is 402 g/mol. The molecule has 170 valence electrons. The molecule has 1 atom stereocenters. The second kappa shape index (κ2) is 9.18. The van der Waals surface area contributed by atoms with Crippen molar-refractivity contribution in [2.45, 2.75) is 69.5 Å². The van der Waals surface area contributed by atoms with Gasteiger partial charge >= 0.3 is 0 Å². The lowest BCUT2D eigenvalue weighted by Crippen LogP contribution is -2.47. The summed E-state index contributed by atoms with van der Waals surface area (Å²) in [6, 6.07) is 9.86. The fourth-order valence-corrected chi connectivity index (χ4v) is 5.61. The lowest BCUT2D eigenvalue weighted by Gasteiger charge is -2.39. The number of hydrogen-bond acceptors (Lipinski definition) is 4. The highest BCUT2D eigenvalue weighted by Crippen LogP contribution is 2.39. The van der Waals surface area contributed by atoms with Gasteiger partial charge in [0.2, 0.25) is 5.91 Å². The number of nitrogens with zero attached hydrogens (tertiary/aromatic N) is 2. The van der Waals surface area contributed by atoms with Crippen molar-refractivity contribution in [2.24, 2.45) is 5.92 Å². The summed E-state index contributed by atoms with van der Waals surface area (Å²) in [7, 11) is 0.